The number of allylic oxidation sites excluding steroid dienone is 1. The predicted octanol–water partition coefficient (Wildman–Crippen LogP) is 2.46. The van der Waals surface area contributed by atoms with Crippen molar-refractivity contribution in [1.29, 1.82) is 0 Å². The molecule has 0 bridgehead atoms. The molecule has 0 nitrogen and oxygen atoms in total. The number of hydrogen-bond acceptors (Lipinski definition) is 0. The third kappa shape index (κ3) is 9.27. The average Bonchev–Trinajstić information content (AvgIpc) is 1.38. The first-order chi connectivity index (χ1) is 2.27. The Morgan fingerprint density at radius 2 is 1.67 bits per heavy atom. The van der Waals surface area contributed by atoms with E-state index in [1.807, 2.05) is 6.08 Å². The fourth-order valence-electron chi connectivity index (χ4n) is 0. The van der Waals surface area contributed by atoms with E-state index in [0.29, 0.717) is 5.92 Å². The van der Waals surface area contributed by atoms with Gasteiger partial charge in [0.1, 0.15) is 0 Å². The molecule has 0 spiro atoms. The monoisotopic (exact) mass is 86.1 g/mol. The molecular formula is C6H14. The van der Waals surface area contributed by atoms with Crippen LogP contribution in [0.15, 0.2) is 12.7 Å². The van der Waals surface area contributed by atoms with E-state index >= 15 is 0 Å². The summed E-state index contributed by atoms with van der Waals surface area (Å²) in [5, 5.41) is 0. The van der Waals surface area contributed by atoms with E-state index in [4.69, 9.17) is 0 Å². The van der Waals surface area contributed by atoms with E-state index < -0.39 is 0 Å². The zero-order valence-electron chi connectivity index (χ0n) is 3.86. The topological polar surface area (TPSA) is 0 Å². The molecule has 0 rings (SSSR count). The second kappa shape index (κ2) is 4.74. The molecule has 0 N–H and O–H groups in total. The lowest BCUT2D eigenvalue weighted by atomic mass is 10.2. The molecule has 0 aromatic carbocycles. The van der Waals surface area contributed by atoms with Crippen molar-refractivity contribution in [3.8, 4) is 0 Å². The van der Waals surface area contributed by atoms with Gasteiger partial charge in [-0.25, -0.2) is 0 Å². The van der Waals surface area contributed by atoms with Crippen molar-refractivity contribution >= 4 is 0 Å². The minimum absolute atomic E-state index is 0. The van der Waals surface area contributed by atoms with Gasteiger partial charge < -0.3 is 0 Å². The molecule has 0 amide bonds. The quantitative estimate of drug-likeness (QED) is 0.430. The summed E-state index contributed by atoms with van der Waals surface area (Å²) in [6.07, 6.45) is 1.92. The first-order valence-corrected chi connectivity index (χ1v) is 1.90. The summed E-state index contributed by atoms with van der Waals surface area (Å²) in [4.78, 5) is 0. The van der Waals surface area contributed by atoms with Crippen LogP contribution in [0.5, 0.6) is 0 Å². The fourth-order valence-corrected chi connectivity index (χ4v) is 0. The van der Waals surface area contributed by atoms with Crippen LogP contribution in [0.4, 0.5) is 0 Å². The van der Waals surface area contributed by atoms with Crippen molar-refractivity contribution in [3.05, 3.63) is 12.7 Å². The van der Waals surface area contributed by atoms with Gasteiger partial charge in [0, 0.05) is 0 Å². The molecule has 0 heteroatoms. The highest BCUT2D eigenvalue weighted by molar-refractivity contribution is 4.69. The molecule has 38 valence electrons. The molecule has 0 unspecified atom stereocenters. The van der Waals surface area contributed by atoms with E-state index in [1.165, 1.54) is 0 Å². The van der Waals surface area contributed by atoms with E-state index in [-0.39, 0.29) is 7.43 Å². The van der Waals surface area contributed by atoms with Gasteiger partial charge in [-0.2, -0.15) is 0 Å². The highest BCUT2D eigenvalue weighted by Crippen LogP contribution is 1.87. The minimum atomic E-state index is 0. The van der Waals surface area contributed by atoms with Gasteiger partial charge in [0.25, 0.3) is 0 Å². The van der Waals surface area contributed by atoms with Crippen molar-refractivity contribution in [3.63, 3.8) is 0 Å². The van der Waals surface area contributed by atoms with E-state index in [9.17, 15) is 0 Å². The maximum atomic E-state index is 3.56. The molecule has 0 atom stereocenters. The highest BCUT2D eigenvalue weighted by atomic mass is 13.8. The van der Waals surface area contributed by atoms with Crippen molar-refractivity contribution in [2.75, 3.05) is 0 Å². The molecule has 0 aliphatic rings. The first kappa shape index (κ1) is 9.22. The molecule has 0 heterocycles. The normalized spacial score (nSPS) is 7.17. The van der Waals surface area contributed by atoms with E-state index in [2.05, 4.69) is 20.4 Å². The fraction of sp³-hybridized carbons (Fsp3) is 0.667. The Kier molecular flexibility index (Phi) is 7.28. The van der Waals surface area contributed by atoms with Crippen LogP contribution in [0, 0.1) is 5.92 Å². The van der Waals surface area contributed by atoms with Crippen LogP contribution in [-0.4, -0.2) is 0 Å². The minimum Gasteiger partial charge on any atom is -0.103 e. The maximum Gasteiger partial charge on any atom is -0.0293 e. The Labute approximate surface area is 40.9 Å². The molecule has 0 aliphatic heterocycles. The standard InChI is InChI=1S/C5H10.CH4/c1-4-5(2)3;/h4-5H,1H2,2-3H3;1H4. The zero-order chi connectivity index (χ0) is 4.28. The molecule has 0 radical (unpaired) electrons. The van der Waals surface area contributed by atoms with Crippen LogP contribution in [0.25, 0.3) is 0 Å². The average molecular weight is 86.2 g/mol. The molecular weight excluding hydrogens is 72.1 g/mol. The third-order valence-electron chi connectivity index (χ3n) is 0.471. The van der Waals surface area contributed by atoms with Gasteiger partial charge >= 0.3 is 0 Å². The molecule has 0 saturated heterocycles. The van der Waals surface area contributed by atoms with Gasteiger partial charge in [-0.05, 0) is 5.92 Å². The predicted molar refractivity (Wildman–Crippen MR) is 31.8 cm³/mol. The molecule has 0 saturated carbocycles. The molecule has 0 aromatic heterocycles. The van der Waals surface area contributed by atoms with Gasteiger partial charge in [-0.3, -0.25) is 0 Å². The van der Waals surface area contributed by atoms with E-state index in [0.717, 1.165) is 0 Å². The Morgan fingerprint density at radius 3 is 1.67 bits per heavy atom. The summed E-state index contributed by atoms with van der Waals surface area (Å²) in [6.45, 7) is 7.77. The van der Waals surface area contributed by atoms with Crippen LogP contribution < -0.4 is 0 Å². The second-order valence-electron chi connectivity index (χ2n) is 1.48. The van der Waals surface area contributed by atoms with Crippen LogP contribution in [0.1, 0.15) is 21.3 Å². The number of hydrogen-bond donors (Lipinski definition) is 0. The Bertz CT molecular complexity index is 27.0. The van der Waals surface area contributed by atoms with Gasteiger partial charge in [-0.1, -0.05) is 27.4 Å². The van der Waals surface area contributed by atoms with Crippen molar-refractivity contribution in [2.45, 2.75) is 21.3 Å². The zero-order valence-corrected chi connectivity index (χ0v) is 3.86. The summed E-state index contributed by atoms with van der Waals surface area (Å²) in [7, 11) is 0. The number of rotatable bonds is 1. The summed E-state index contributed by atoms with van der Waals surface area (Å²) in [5.74, 6) is 0.648. The van der Waals surface area contributed by atoms with Crippen molar-refractivity contribution in [2.24, 2.45) is 5.92 Å². The molecule has 0 fully saturated rings. The molecule has 0 aromatic rings. The lowest BCUT2D eigenvalue weighted by molar-refractivity contribution is 0.835. The van der Waals surface area contributed by atoms with Crippen molar-refractivity contribution < 1.29 is 0 Å². The summed E-state index contributed by atoms with van der Waals surface area (Å²) < 4.78 is 0. The summed E-state index contributed by atoms with van der Waals surface area (Å²) in [6, 6.07) is 0. The van der Waals surface area contributed by atoms with Crippen LogP contribution >= 0.6 is 0 Å². The summed E-state index contributed by atoms with van der Waals surface area (Å²) in [5.41, 5.74) is 0. The molecule has 6 heavy (non-hydrogen) atoms. The Hall–Kier alpha value is -0.260. The Morgan fingerprint density at radius 1 is 1.50 bits per heavy atom. The lowest BCUT2D eigenvalue weighted by Gasteiger charge is -1.84. The second-order valence-corrected chi connectivity index (χ2v) is 1.48. The third-order valence-corrected chi connectivity index (χ3v) is 0.471. The van der Waals surface area contributed by atoms with Crippen molar-refractivity contribution in [1.82, 2.24) is 0 Å². The Balaban J connectivity index is 0. The van der Waals surface area contributed by atoms with Gasteiger partial charge in [0.15, 0.2) is 0 Å². The maximum absolute atomic E-state index is 3.56. The van der Waals surface area contributed by atoms with Crippen LogP contribution in [-0.2, 0) is 0 Å². The van der Waals surface area contributed by atoms with Crippen LogP contribution in [0.2, 0.25) is 0 Å². The van der Waals surface area contributed by atoms with E-state index in [1.54, 1.807) is 0 Å². The van der Waals surface area contributed by atoms with Gasteiger partial charge in [-0.15, -0.1) is 6.58 Å². The molecule has 0 aliphatic carbocycles. The highest BCUT2D eigenvalue weighted by Gasteiger charge is 1.73. The van der Waals surface area contributed by atoms with Gasteiger partial charge in [0.05, 0.1) is 0 Å². The first-order valence-electron chi connectivity index (χ1n) is 1.90. The SMILES string of the molecule is C.C=CC(C)C. The van der Waals surface area contributed by atoms with Crippen LogP contribution in [0.3, 0.4) is 0 Å². The summed E-state index contributed by atoms with van der Waals surface area (Å²) >= 11 is 0. The van der Waals surface area contributed by atoms with Gasteiger partial charge in [0.2, 0.25) is 0 Å². The smallest absolute Gasteiger partial charge is 0.0293 e. The lowest BCUT2D eigenvalue weighted by Crippen LogP contribution is -1.71. The largest absolute Gasteiger partial charge is 0.103 e.